The van der Waals surface area contributed by atoms with Gasteiger partial charge in [0, 0.05) is 0 Å². The second kappa shape index (κ2) is 5.33. The number of ether oxygens (including phenoxy) is 1. The van der Waals surface area contributed by atoms with Crippen LogP contribution in [0.25, 0.3) is 0 Å². The molecule has 2 saturated heterocycles. The van der Waals surface area contributed by atoms with Gasteiger partial charge in [-0.2, -0.15) is 0 Å². The van der Waals surface area contributed by atoms with Crippen LogP contribution in [0, 0.1) is 5.92 Å². The number of halogens is 1. The Hall–Kier alpha value is -0.330. The van der Waals surface area contributed by atoms with Gasteiger partial charge in [0.1, 0.15) is 0 Å². The van der Waals surface area contributed by atoms with E-state index in [1.165, 1.54) is 0 Å². The van der Waals surface area contributed by atoms with Crippen LogP contribution in [-0.2, 0) is 14.3 Å². The average Bonchev–Trinajstić information content (AvgIpc) is 2.63. The van der Waals surface area contributed by atoms with Crippen LogP contribution in [0.4, 0.5) is 0 Å². The molecule has 0 N–H and O–H groups in total. The van der Waals surface area contributed by atoms with Gasteiger partial charge in [-0.25, -0.2) is 0 Å². The first-order valence-electron chi connectivity index (χ1n) is 5.74. The molecule has 0 aromatic carbocycles. The molecule has 2 fully saturated rings. The Morgan fingerprint density at radius 1 is 1.44 bits per heavy atom. The van der Waals surface area contributed by atoms with Gasteiger partial charge in [0.25, 0.3) is 0 Å². The Morgan fingerprint density at radius 2 is 2.19 bits per heavy atom. The number of rotatable bonds is 3. The van der Waals surface area contributed by atoms with Crippen molar-refractivity contribution >= 4 is 11.9 Å². The van der Waals surface area contributed by atoms with Gasteiger partial charge in [0.15, 0.2) is 0 Å². The van der Waals surface area contributed by atoms with E-state index in [1.807, 2.05) is 0 Å². The molecule has 5 heteroatoms. The van der Waals surface area contributed by atoms with Gasteiger partial charge in [-0.1, -0.05) is 0 Å². The third-order valence-electron chi connectivity index (χ3n) is 3.03. The van der Waals surface area contributed by atoms with Gasteiger partial charge in [-0.05, 0) is 0 Å². The van der Waals surface area contributed by atoms with Gasteiger partial charge >= 0.3 is 106 Å². The fraction of sp³-hybridized carbons (Fsp3) is 0.818. The summed E-state index contributed by atoms with van der Waals surface area (Å²) >= 11 is 0.301. The number of carbonyl (C=O) groups excluding carboxylic acids is 2. The summed E-state index contributed by atoms with van der Waals surface area (Å²) in [5.74, 6) is 0.201. The molecule has 16 heavy (non-hydrogen) atoms. The summed E-state index contributed by atoms with van der Waals surface area (Å²) in [6.07, 6.45) is 1.70. The van der Waals surface area contributed by atoms with Crippen molar-refractivity contribution in [3.8, 4) is 0 Å². The molecule has 2 aliphatic heterocycles. The molecule has 92 valence electrons. The number of alkyl halides is 2. The summed E-state index contributed by atoms with van der Waals surface area (Å²) in [7, 11) is 0. The zero-order chi connectivity index (χ0) is 11.5. The first-order valence-corrected chi connectivity index (χ1v) is 8.79. The fourth-order valence-electron chi connectivity index (χ4n) is 2.10. The average molecular weight is 338 g/mol. The zero-order valence-electron chi connectivity index (χ0n) is 9.45. The molecule has 0 aliphatic carbocycles. The Labute approximate surface area is 106 Å². The molecule has 2 rings (SSSR count). The molecule has 0 aromatic rings. The van der Waals surface area contributed by atoms with Gasteiger partial charge in [0.05, 0.1) is 0 Å². The molecule has 1 amide bonds. The SMILES string of the molecule is CCOC(=O)C1CCCN1C(=O)C1C[I-]C1. The van der Waals surface area contributed by atoms with Crippen molar-refractivity contribution in [2.75, 3.05) is 22.0 Å². The third-order valence-corrected chi connectivity index (χ3v) is 6.41. The van der Waals surface area contributed by atoms with Crippen LogP contribution >= 0.6 is 0 Å². The van der Waals surface area contributed by atoms with E-state index >= 15 is 0 Å². The van der Waals surface area contributed by atoms with E-state index in [0.717, 1.165) is 28.2 Å². The second-order valence-corrected chi connectivity index (χ2v) is 6.98. The Kier molecular flexibility index (Phi) is 4.05. The summed E-state index contributed by atoms with van der Waals surface area (Å²) in [5, 5.41) is 0. The van der Waals surface area contributed by atoms with Crippen molar-refractivity contribution in [3.05, 3.63) is 0 Å². The van der Waals surface area contributed by atoms with Crippen molar-refractivity contribution in [3.63, 3.8) is 0 Å². The number of hydrogen-bond donors (Lipinski definition) is 0. The topological polar surface area (TPSA) is 46.6 Å². The normalized spacial score (nSPS) is 25.8. The summed E-state index contributed by atoms with van der Waals surface area (Å²) in [5.41, 5.74) is 0. The van der Waals surface area contributed by atoms with E-state index in [1.54, 1.807) is 11.8 Å². The number of amides is 1. The summed E-state index contributed by atoms with van der Waals surface area (Å²) in [6.45, 7) is 2.93. The maximum atomic E-state index is 12.1. The van der Waals surface area contributed by atoms with E-state index in [2.05, 4.69) is 0 Å². The molecule has 1 atom stereocenters. The molecule has 2 heterocycles. The van der Waals surface area contributed by atoms with Crippen LogP contribution in [0.3, 0.4) is 0 Å². The summed E-state index contributed by atoms with van der Waals surface area (Å²) in [4.78, 5) is 25.5. The molecule has 4 nitrogen and oxygen atoms in total. The Bertz CT molecular complexity index is 291. The molecule has 1 unspecified atom stereocenters. The predicted molar refractivity (Wildman–Crippen MR) is 54.6 cm³/mol. The first kappa shape index (κ1) is 12.1. The van der Waals surface area contributed by atoms with Gasteiger partial charge < -0.3 is 0 Å². The maximum absolute atomic E-state index is 12.1. The van der Waals surface area contributed by atoms with Gasteiger partial charge in [0.2, 0.25) is 0 Å². The summed E-state index contributed by atoms with van der Waals surface area (Å²) in [6, 6.07) is -0.300. The molecule has 0 aromatic heterocycles. The van der Waals surface area contributed by atoms with E-state index in [4.69, 9.17) is 4.74 Å². The molecule has 0 saturated carbocycles. The second-order valence-electron chi connectivity index (χ2n) is 4.14. The first-order chi connectivity index (χ1) is 7.74. The van der Waals surface area contributed by atoms with E-state index in [-0.39, 0.29) is 23.8 Å². The van der Waals surface area contributed by atoms with Crippen molar-refractivity contribution in [1.29, 1.82) is 0 Å². The van der Waals surface area contributed by atoms with E-state index in [9.17, 15) is 9.59 Å². The number of likely N-dealkylation sites (tertiary alicyclic amines) is 1. The number of carbonyl (C=O) groups is 2. The van der Waals surface area contributed by atoms with E-state index in [0.29, 0.717) is 27.8 Å². The molecule has 0 bridgehead atoms. The quantitative estimate of drug-likeness (QED) is 0.319. The van der Waals surface area contributed by atoms with Crippen LogP contribution in [0.1, 0.15) is 19.8 Å². The molecule has 2 aliphatic rings. The van der Waals surface area contributed by atoms with Crippen LogP contribution in [0.5, 0.6) is 0 Å². The minimum absolute atomic E-state index is 0.196. The molecule has 0 radical (unpaired) electrons. The standard InChI is InChI=1S/C11H17INO3/c1-2-16-11(15)9-4-3-5-13(9)10(14)8-6-12-7-8/h8-9H,2-7H2,1H3/q-1. The summed E-state index contributed by atoms with van der Waals surface area (Å²) < 4.78 is 7.21. The van der Waals surface area contributed by atoms with Crippen LogP contribution in [-0.4, -0.2) is 44.8 Å². The van der Waals surface area contributed by atoms with Gasteiger partial charge in [-0.15, -0.1) is 0 Å². The Morgan fingerprint density at radius 3 is 2.75 bits per heavy atom. The van der Waals surface area contributed by atoms with Crippen LogP contribution in [0.15, 0.2) is 0 Å². The monoisotopic (exact) mass is 338 g/mol. The number of hydrogen-bond acceptors (Lipinski definition) is 3. The molecular formula is C11H17INO3-. The van der Waals surface area contributed by atoms with Crippen molar-refractivity contribution in [1.82, 2.24) is 4.90 Å². The molecule has 0 spiro atoms. The van der Waals surface area contributed by atoms with E-state index < -0.39 is 0 Å². The minimum atomic E-state index is -0.300. The van der Waals surface area contributed by atoms with Crippen LogP contribution in [0.2, 0.25) is 0 Å². The predicted octanol–water partition coefficient (Wildman–Crippen LogP) is -2.74. The van der Waals surface area contributed by atoms with Crippen molar-refractivity contribution < 1.29 is 35.5 Å². The number of esters is 1. The third kappa shape index (κ3) is 2.33. The van der Waals surface area contributed by atoms with Crippen molar-refractivity contribution in [2.45, 2.75) is 25.8 Å². The number of nitrogens with zero attached hydrogens (tertiary/aromatic N) is 1. The fourth-order valence-corrected chi connectivity index (χ4v) is 4.10. The van der Waals surface area contributed by atoms with Gasteiger partial charge in [-0.3, -0.25) is 0 Å². The van der Waals surface area contributed by atoms with Crippen LogP contribution < -0.4 is 21.2 Å². The van der Waals surface area contributed by atoms with Crippen molar-refractivity contribution in [2.24, 2.45) is 5.92 Å². The molecular weight excluding hydrogens is 321 g/mol. The zero-order valence-corrected chi connectivity index (χ0v) is 11.6. The Balaban J connectivity index is 1.96.